The number of rotatable bonds is 6. The van der Waals surface area contributed by atoms with E-state index in [1.165, 1.54) is 23.5 Å². The molecule has 0 aliphatic rings. The van der Waals surface area contributed by atoms with E-state index < -0.39 is 10.0 Å². The Labute approximate surface area is 166 Å². The van der Waals surface area contributed by atoms with Crippen molar-refractivity contribution in [2.24, 2.45) is 0 Å². The number of hydrogen-bond acceptors (Lipinski definition) is 4. The van der Waals surface area contributed by atoms with E-state index in [9.17, 15) is 12.8 Å². The van der Waals surface area contributed by atoms with E-state index >= 15 is 0 Å². The summed E-state index contributed by atoms with van der Waals surface area (Å²) >= 11 is 1.41. The summed E-state index contributed by atoms with van der Waals surface area (Å²) in [6.45, 7) is 0.238. The molecule has 0 amide bonds. The van der Waals surface area contributed by atoms with Crippen molar-refractivity contribution in [3.63, 3.8) is 0 Å². The van der Waals surface area contributed by atoms with Gasteiger partial charge in [0.2, 0.25) is 10.0 Å². The number of hydrogen-bond donors (Lipinski definition) is 1. The molecule has 1 N–H and O–H groups in total. The van der Waals surface area contributed by atoms with Gasteiger partial charge in [0.15, 0.2) is 0 Å². The molecule has 1 aromatic heterocycles. The lowest BCUT2D eigenvalue weighted by molar-refractivity contribution is 0.581. The van der Waals surface area contributed by atoms with E-state index in [2.05, 4.69) is 9.71 Å². The largest absolute Gasteiger partial charge is 0.241 e. The number of fused-ring (bicyclic) bond motifs is 1. The molecule has 142 valence electrons. The van der Waals surface area contributed by atoms with E-state index in [0.717, 1.165) is 16.5 Å². The van der Waals surface area contributed by atoms with Crippen LogP contribution < -0.4 is 4.72 Å². The molecule has 1 heterocycles. The zero-order valence-corrected chi connectivity index (χ0v) is 16.4. The van der Waals surface area contributed by atoms with Crippen LogP contribution in [0, 0.1) is 5.82 Å². The van der Waals surface area contributed by atoms with Crippen molar-refractivity contribution >= 4 is 32.1 Å². The van der Waals surface area contributed by atoms with Gasteiger partial charge in [-0.2, -0.15) is 0 Å². The minimum Gasteiger partial charge on any atom is -0.241 e. The second-order valence-corrected chi connectivity index (χ2v) is 8.94. The normalized spacial score (nSPS) is 11.8. The van der Waals surface area contributed by atoms with Crippen molar-refractivity contribution in [3.8, 4) is 10.6 Å². The highest BCUT2D eigenvalue weighted by molar-refractivity contribution is 7.89. The Morgan fingerprint density at radius 2 is 1.79 bits per heavy atom. The molecular weight excluding hydrogens is 395 g/mol. The first-order valence-corrected chi connectivity index (χ1v) is 11.1. The minimum absolute atomic E-state index is 0.238. The lowest BCUT2D eigenvalue weighted by Crippen LogP contribution is -2.26. The first-order chi connectivity index (χ1) is 13.5. The summed E-state index contributed by atoms with van der Waals surface area (Å²) in [5.41, 5.74) is 1.48. The molecule has 4 nitrogen and oxygen atoms in total. The lowest BCUT2D eigenvalue weighted by atomic mass is 10.1. The summed E-state index contributed by atoms with van der Waals surface area (Å²) < 4.78 is 41.1. The molecule has 0 bridgehead atoms. The summed E-state index contributed by atoms with van der Waals surface area (Å²) in [5.74, 6) is -0.308. The van der Waals surface area contributed by atoms with Gasteiger partial charge in [-0.1, -0.05) is 42.5 Å². The summed E-state index contributed by atoms with van der Waals surface area (Å²) in [4.78, 5) is 4.71. The van der Waals surface area contributed by atoms with Gasteiger partial charge < -0.3 is 0 Å². The second kappa shape index (κ2) is 7.79. The van der Waals surface area contributed by atoms with Gasteiger partial charge in [-0.15, -0.1) is 11.3 Å². The minimum atomic E-state index is -3.60. The number of aromatic nitrogens is 1. The van der Waals surface area contributed by atoms with Gasteiger partial charge in [-0.25, -0.2) is 22.5 Å². The summed E-state index contributed by atoms with van der Waals surface area (Å²) in [6, 6.07) is 19.0. The van der Waals surface area contributed by atoms with Crippen LogP contribution in [0.15, 0.2) is 77.0 Å². The van der Waals surface area contributed by atoms with Gasteiger partial charge in [-0.3, -0.25) is 0 Å². The fourth-order valence-electron chi connectivity index (χ4n) is 2.91. The molecular formula is C21H17FN2O2S2. The van der Waals surface area contributed by atoms with Crippen LogP contribution in [0.3, 0.4) is 0 Å². The van der Waals surface area contributed by atoms with Crippen molar-refractivity contribution in [2.45, 2.75) is 11.3 Å². The van der Waals surface area contributed by atoms with Crippen LogP contribution in [-0.4, -0.2) is 19.9 Å². The third-order valence-electron chi connectivity index (χ3n) is 4.33. The average molecular weight is 413 g/mol. The molecule has 0 spiro atoms. The fraction of sp³-hybridized carbons (Fsp3) is 0.0952. The smallest absolute Gasteiger partial charge is 0.240 e. The van der Waals surface area contributed by atoms with Crippen LogP contribution >= 0.6 is 11.3 Å². The SMILES string of the molecule is O=S(=O)(NCCc1csc(-c2cccc(F)c2)n1)c1ccc2ccccc2c1. The van der Waals surface area contributed by atoms with E-state index in [4.69, 9.17) is 0 Å². The predicted octanol–water partition coefficient (Wildman–Crippen LogP) is 4.62. The number of thiazole rings is 1. The molecule has 7 heteroatoms. The van der Waals surface area contributed by atoms with Gasteiger partial charge in [0.05, 0.1) is 10.6 Å². The van der Waals surface area contributed by atoms with Crippen LogP contribution in [0.2, 0.25) is 0 Å². The van der Waals surface area contributed by atoms with Crippen molar-refractivity contribution in [1.82, 2.24) is 9.71 Å². The van der Waals surface area contributed by atoms with Crippen LogP contribution in [0.5, 0.6) is 0 Å². The van der Waals surface area contributed by atoms with Gasteiger partial charge in [0.25, 0.3) is 0 Å². The third-order valence-corrected chi connectivity index (χ3v) is 6.73. The predicted molar refractivity (Wildman–Crippen MR) is 110 cm³/mol. The monoisotopic (exact) mass is 412 g/mol. The molecule has 4 aromatic rings. The Morgan fingerprint density at radius 3 is 2.61 bits per heavy atom. The number of sulfonamides is 1. The van der Waals surface area contributed by atoms with Crippen LogP contribution in [0.25, 0.3) is 21.3 Å². The highest BCUT2D eigenvalue weighted by Gasteiger charge is 2.14. The van der Waals surface area contributed by atoms with Gasteiger partial charge in [-0.05, 0) is 35.0 Å². The van der Waals surface area contributed by atoms with Crippen molar-refractivity contribution in [2.75, 3.05) is 6.54 Å². The van der Waals surface area contributed by atoms with Crippen molar-refractivity contribution < 1.29 is 12.8 Å². The standard InChI is InChI=1S/C21H17FN2O2S2/c22-18-7-3-6-17(12-18)21-24-19(14-27-21)10-11-23-28(25,26)20-9-8-15-4-1-2-5-16(15)13-20/h1-9,12-14,23H,10-11H2. The molecule has 4 rings (SSSR count). The molecule has 0 unspecified atom stereocenters. The third kappa shape index (κ3) is 4.11. The molecule has 28 heavy (non-hydrogen) atoms. The summed E-state index contributed by atoms with van der Waals surface area (Å²) in [5, 5.41) is 4.45. The lowest BCUT2D eigenvalue weighted by Gasteiger charge is -2.07. The zero-order chi connectivity index (χ0) is 19.6. The molecule has 0 saturated carbocycles. The Kier molecular flexibility index (Phi) is 5.21. The first-order valence-electron chi connectivity index (χ1n) is 8.70. The second-order valence-electron chi connectivity index (χ2n) is 6.31. The molecule has 0 radical (unpaired) electrons. The number of halogens is 1. The molecule has 0 saturated heterocycles. The molecule has 0 fully saturated rings. The van der Waals surface area contributed by atoms with Gasteiger partial charge in [0, 0.05) is 23.9 Å². The van der Waals surface area contributed by atoms with E-state index in [1.54, 1.807) is 30.3 Å². The topological polar surface area (TPSA) is 59.1 Å². The first kappa shape index (κ1) is 18.7. The van der Waals surface area contributed by atoms with Crippen molar-refractivity contribution in [3.05, 3.63) is 83.6 Å². The number of nitrogens with one attached hydrogen (secondary N) is 1. The Morgan fingerprint density at radius 1 is 0.964 bits per heavy atom. The van der Waals surface area contributed by atoms with Gasteiger partial charge >= 0.3 is 0 Å². The highest BCUT2D eigenvalue weighted by atomic mass is 32.2. The van der Waals surface area contributed by atoms with E-state index in [-0.39, 0.29) is 17.3 Å². The average Bonchev–Trinajstić information content (AvgIpc) is 3.16. The van der Waals surface area contributed by atoms with Crippen molar-refractivity contribution in [1.29, 1.82) is 0 Å². The highest BCUT2D eigenvalue weighted by Crippen LogP contribution is 2.24. The maximum absolute atomic E-state index is 13.4. The fourth-order valence-corrected chi connectivity index (χ4v) is 4.83. The molecule has 3 aromatic carbocycles. The maximum atomic E-state index is 13.4. The van der Waals surface area contributed by atoms with Gasteiger partial charge in [0.1, 0.15) is 10.8 Å². The van der Waals surface area contributed by atoms with E-state index in [1.807, 2.05) is 29.6 Å². The molecule has 0 atom stereocenters. The molecule has 0 aliphatic carbocycles. The van der Waals surface area contributed by atoms with Crippen LogP contribution in [0.1, 0.15) is 5.69 Å². The Hall–Kier alpha value is -2.61. The Bertz CT molecular complexity index is 1240. The quantitative estimate of drug-likeness (QED) is 0.503. The van der Waals surface area contributed by atoms with Crippen LogP contribution in [0.4, 0.5) is 4.39 Å². The Balaban J connectivity index is 1.43. The number of nitrogens with zero attached hydrogens (tertiary/aromatic N) is 1. The van der Waals surface area contributed by atoms with E-state index in [0.29, 0.717) is 17.0 Å². The maximum Gasteiger partial charge on any atom is 0.240 e. The zero-order valence-electron chi connectivity index (χ0n) is 14.8. The number of benzene rings is 3. The van der Waals surface area contributed by atoms with Crippen LogP contribution in [-0.2, 0) is 16.4 Å². The summed E-state index contributed by atoms with van der Waals surface area (Å²) in [7, 11) is -3.60. The summed E-state index contributed by atoms with van der Waals surface area (Å²) in [6.07, 6.45) is 0.457. The molecule has 0 aliphatic heterocycles.